The van der Waals surface area contributed by atoms with Crippen molar-refractivity contribution in [2.45, 2.75) is 18.3 Å². The molecule has 0 atom stereocenters. The van der Waals surface area contributed by atoms with Crippen molar-refractivity contribution >= 4 is 0 Å². The van der Waals surface area contributed by atoms with Crippen molar-refractivity contribution in [3.05, 3.63) is 71.3 Å². The SMILES string of the molecule is CN(C)CCCC(C#N)(c1ccc(F)cc1)c1ccc(F)cc1. The Hall–Kier alpha value is -2.25. The average molecular weight is 314 g/mol. The van der Waals surface area contributed by atoms with Gasteiger partial charge < -0.3 is 4.90 Å². The molecule has 0 aliphatic rings. The summed E-state index contributed by atoms with van der Waals surface area (Å²) in [6, 6.07) is 14.4. The zero-order valence-electron chi connectivity index (χ0n) is 13.4. The lowest BCUT2D eigenvalue weighted by Crippen LogP contribution is -2.27. The summed E-state index contributed by atoms with van der Waals surface area (Å²) in [7, 11) is 3.95. The van der Waals surface area contributed by atoms with Gasteiger partial charge in [0.15, 0.2) is 0 Å². The molecular formula is C19H20F2N2. The third kappa shape index (κ3) is 3.94. The first-order valence-electron chi connectivity index (χ1n) is 7.56. The lowest BCUT2D eigenvalue weighted by atomic mass is 9.72. The van der Waals surface area contributed by atoms with E-state index in [4.69, 9.17) is 0 Å². The standard InChI is InChI=1S/C19H20F2N2/c1-23(2)13-3-12-19(14-22,15-4-8-17(20)9-5-15)16-6-10-18(21)11-7-16/h4-11H,3,12-13H2,1-2H3. The van der Waals surface area contributed by atoms with Gasteiger partial charge in [-0.2, -0.15) is 5.26 Å². The number of rotatable bonds is 6. The van der Waals surface area contributed by atoms with Crippen molar-refractivity contribution < 1.29 is 8.78 Å². The van der Waals surface area contributed by atoms with Crippen molar-refractivity contribution in [1.29, 1.82) is 5.26 Å². The molecule has 0 aromatic heterocycles. The van der Waals surface area contributed by atoms with E-state index in [0.29, 0.717) is 6.42 Å². The maximum Gasteiger partial charge on any atom is 0.123 e. The Balaban J connectivity index is 2.45. The van der Waals surface area contributed by atoms with Crippen LogP contribution in [0.1, 0.15) is 24.0 Å². The molecule has 2 aromatic carbocycles. The molecular weight excluding hydrogens is 294 g/mol. The number of hydrogen-bond acceptors (Lipinski definition) is 2. The molecule has 0 fully saturated rings. The summed E-state index contributed by atoms with van der Waals surface area (Å²) in [5.41, 5.74) is 0.552. The molecule has 4 heteroatoms. The average Bonchev–Trinajstić information content (AvgIpc) is 2.53. The number of nitrogens with zero attached hydrogens (tertiary/aromatic N) is 2. The molecule has 0 bridgehead atoms. The third-order valence-corrected chi connectivity index (χ3v) is 4.02. The molecule has 0 N–H and O–H groups in total. The molecule has 0 heterocycles. The fourth-order valence-electron chi connectivity index (χ4n) is 2.77. The van der Waals surface area contributed by atoms with Crippen LogP contribution in [0.2, 0.25) is 0 Å². The second kappa shape index (κ2) is 7.34. The van der Waals surface area contributed by atoms with E-state index in [0.717, 1.165) is 24.1 Å². The minimum absolute atomic E-state index is 0.340. The van der Waals surface area contributed by atoms with E-state index in [9.17, 15) is 14.0 Å². The van der Waals surface area contributed by atoms with E-state index in [1.807, 2.05) is 14.1 Å². The van der Waals surface area contributed by atoms with Crippen LogP contribution in [-0.2, 0) is 5.41 Å². The maximum absolute atomic E-state index is 13.3. The maximum atomic E-state index is 13.3. The molecule has 0 amide bonds. The van der Waals surface area contributed by atoms with Crippen molar-refractivity contribution in [2.75, 3.05) is 20.6 Å². The molecule has 0 saturated heterocycles. The van der Waals surface area contributed by atoms with Crippen LogP contribution in [0.25, 0.3) is 0 Å². The van der Waals surface area contributed by atoms with Gasteiger partial charge in [-0.15, -0.1) is 0 Å². The monoisotopic (exact) mass is 314 g/mol. The van der Waals surface area contributed by atoms with Crippen LogP contribution in [0.3, 0.4) is 0 Å². The van der Waals surface area contributed by atoms with Gasteiger partial charge in [-0.3, -0.25) is 0 Å². The number of halogens is 2. The number of hydrogen-bond donors (Lipinski definition) is 0. The highest BCUT2D eigenvalue weighted by atomic mass is 19.1. The van der Waals surface area contributed by atoms with E-state index < -0.39 is 5.41 Å². The highest BCUT2D eigenvalue weighted by Gasteiger charge is 2.34. The molecule has 0 aliphatic heterocycles. The van der Waals surface area contributed by atoms with Gasteiger partial charge in [-0.1, -0.05) is 24.3 Å². The largest absolute Gasteiger partial charge is 0.309 e. The Morgan fingerprint density at radius 2 is 1.35 bits per heavy atom. The summed E-state index contributed by atoms with van der Waals surface area (Å²) in [4.78, 5) is 2.05. The predicted octanol–water partition coefficient (Wildman–Crippen LogP) is 4.12. The molecule has 2 aromatic rings. The Labute approximate surface area is 136 Å². The zero-order chi connectivity index (χ0) is 16.9. The molecule has 0 spiro atoms. The van der Waals surface area contributed by atoms with Gasteiger partial charge in [-0.25, -0.2) is 8.78 Å². The molecule has 0 aliphatic carbocycles. The number of nitriles is 1. The van der Waals surface area contributed by atoms with Gasteiger partial charge in [-0.05, 0) is 68.9 Å². The van der Waals surface area contributed by atoms with E-state index in [-0.39, 0.29) is 11.6 Å². The summed E-state index contributed by atoms with van der Waals surface area (Å²) in [6.45, 7) is 0.839. The van der Waals surface area contributed by atoms with Crippen molar-refractivity contribution in [3.8, 4) is 6.07 Å². The molecule has 0 saturated carbocycles. The summed E-state index contributed by atoms with van der Waals surface area (Å²) in [6.07, 6.45) is 1.38. The first-order valence-corrected chi connectivity index (χ1v) is 7.56. The van der Waals surface area contributed by atoms with Crippen LogP contribution < -0.4 is 0 Å². The fraction of sp³-hybridized carbons (Fsp3) is 0.316. The van der Waals surface area contributed by atoms with Crippen LogP contribution >= 0.6 is 0 Å². The van der Waals surface area contributed by atoms with Crippen molar-refractivity contribution in [2.24, 2.45) is 0 Å². The second-order valence-corrected chi connectivity index (χ2v) is 5.94. The van der Waals surface area contributed by atoms with Crippen LogP contribution in [0, 0.1) is 23.0 Å². The third-order valence-electron chi connectivity index (χ3n) is 4.02. The van der Waals surface area contributed by atoms with E-state index in [2.05, 4.69) is 11.0 Å². The first-order chi connectivity index (χ1) is 11.0. The van der Waals surface area contributed by atoms with Crippen LogP contribution in [-0.4, -0.2) is 25.5 Å². The van der Waals surface area contributed by atoms with Crippen LogP contribution in [0.5, 0.6) is 0 Å². The lowest BCUT2D eigenvalue weighted by Gasteiger charge is -2.28. The first kappa shape index (κ1) is 17.1. The molecule has 0 radical (unpaired) electrons. The zero-order valence-corrected chi connectivity index (χ0v) is 13.4. The summed E-state index contributed by atoms with van der Waals surface area (Å²) < 4.78 is 26.5. The van der Waals surface area contributed by atoms with E-state index >= 15 is 0 Å². The molecule has 23 heavy (non-hydrogen) atoms. The Morgan fingerprint density at radius 1 is 0.913 bits per heavy atom. The van der Waals surface area contributed by atoms with Gasteiger partial charge in [0.25, 0.3) is 0 Å². The summed E-state index contributed by atoms with van der Waals surface area (Å²) in [5.74, 6) is -0.680. The van der Waals surface area contributed by atoms with Crippen LogP contribution in [0.4, 0.5) is 8.78 Å². The minimum Gasteiger partial charge on any atom is -0.309 e. The lowest BCUT2D eigenvalue weighted by molar-refractivity contribution is 0.379. The molecule has 120 valence electrons. The van der Waals surface area contributed by atoms with Gasteiger partial charge in [0.05, 0.1) is 6.07 Å². The quantitative estimate of drug-likeness (QED) is 0.802. The van der Waals surface area contributed by atoms with Gasteiger partial charge in [0.1, 0.15) is 17.0 Å². The van der Waals surface area contributed by atoms with Gasteiger partial charge in [0.2, 0.25) is 0 Å². The molecule has 2 nitrogen and oxygen atoms in total. The molecule has 0 unspecified atom stereocenters. The van der Waals surface area contributed by atoms with Crippen molar-refractivity contribution in [1.82, 2.24) is 4.90 Å². The topological polar surface area (TPSA) is 27.0 Å². The normalized spacial score (nSPS) is 11.5. The Bertz CT molecular complexity index is 625. The smallest absolute Gasteiger partial charge is 0.123 e. The predicted molar refractivity (Wildman–Crippen MR) is 87.0 cm³/mol. The van der Waals surface area contributed by atoms with E-state index in [1.165, 1.54) is 24.3 Å². The van der Waals surface area contributed by atoms with Gasteiger partial charge in [0, 0.05) is 0 Å². The minimum atomic E-state index is -0.905. The van der Waals surface area contributed by atoms with Crippen LogP contribution in [0.15, 0.2) is 48.5 Å². The fourth-order valence-corrected chi connectivity index (χ4v) is 2.77. The summed E-state index contributed by atoms with van der Waals surface area (Å²) in [5, 5.41) is 9.94. The van der Waals surface area contributed by atoms with E-state index in [1.54, 1.807) is 24.3 Å². The molecule has 2 rings (SSSR count). The van der Waals surface area contributed by atoms with Gasteiger partial charge >= 0.3 is 0 Å². The Kier molecular flexibility index (Phi) is 5.46. The second-order valence-electron chi connectivity index (χ2n) is 5.94. The highest BCUT2D eigenvalue weighted by Crippen LogP contribution is 2.36. The highest BCUT2D eigenvalue weighted by molar-refractivity contribution is 5.45. The van der Waals surface area contributed by atoms with Crippen molar-refractivity contribution in [3.63, 3.8) is 0 Å². The summed E-state index contributed by atoms with van der Waals surface area (Å²) >= 11 is 0. The Morgan fingerprint density at radius 3 is 1.70 bits per heavy atom. The number of benzene rings is 2.